The van der Waals surface area contributed by atoms with E-state index in [2.05, 4.69) is 10.6 Å². The van der Waals surface area contributed by atoms with Gasteiger partial charge >= 0.3 is 0 Å². The van der Waals surface area contributed by atoms with Gasteiger partial charge in [-0.2, -0.15) is 0 Å². The number of Topliss-reactive ketones (excluding diaryl/α,β-unsaturated/α-hetero) is 1. The van der Waals surface area contributed by atoms with Gasteiger partial charge in [-0.15, -0.1) is 11.3 Å². The third-order valence-electron chi connectivity index (χ3n) is 3.56. The average molecular weight is 344 g/mol. The van der Waals surface area contributed by atoms with Crippen LogP contribution in [0.2, 0.25) is 0 Å². The molecular weight excluding hydrogens is 324 g/mol. The molecule has 2 aromatic rings. The summed E-state index contributed by atoms with van der Waals surface area (Å²) in [7, 11) is 1.55. The Balaban J connectivity index is 1.93. The van der Waals surface area contributed by atoms with E-state index in [0.29, 0.717) is 16.8 Å². The molecule has 2 rings (SSSR count). The van der Waals surface area contributed by atoms with E-state index in [9.17, 15) is 14.4 Å². The molecule has 2 N–H and O–H groups in total. The van der Waals surface area contributed by atoms with Gasteiger partial charge in [0.25, 0.3) is 5.91 Å². The van der Waals surface area contributed by atoms with Crippen molar-refractivity contribution in [3.8, 4) is 0 Å². The molecule has 0 saturated carbocycles. The van der Waals surface area contributed by atoms with Crippen LogP contribution in [0.1, 0.15) is 43.3 Å². The lowest BCUT2D eigenvalue weighted by molar-refractivity contribution is -0.116. The second kappa shape index (κ2) is 7.88. The predicted molar refractivity (Wildman–Crippen MR) is 95.8 cm³/mol. The van der Waals surface area contributed by atoms with E-state index in [1.165, 1.54) is 0 Å². The van der Waals surface area contributed by atoms with Gasteiger partial charge in [0, 0.05) is 46.5 Å². The Hall–Kier alpha value is -2.47. The summed E-state index contributed by atoms with van der Waals surface area (Å²) < 4.78 is 0. The minimum Gasteiger partial charge on any atom is -0.355 e. The van der Waals surface area contributed by atoms with Gasteiger partial charge < -0.3 is 10.6 Å². The van der Waals surface area contributed by atoms with Crippen LogP contribution in [0.5, 0.6) is 0 Å². The van der Waals surface area contributed by atoms with Crippen LogP contribution in [0.15, 0.2) is 30.3 Å². The van der Waals surface area contributed by atoms with Crippen molar-refractivity contribution < 1.29 is 14.4 Å². The second-order valence-corrected chi connectivity index (χ2v) is 6.92. The maximum absolute atomic E-state index is 12.2. The summed E-state index contributed by atoms with van der Waals surface area (Å²) in [5, 5.41) is 5.25. The molecule has 2 amide bonds. The summed E-state index contributed by atoms with van der Waals surface area (Å²) in [6.45, 7) is 3.87. The van der Waals surface area contributed by atoms with Gasteiger partial charge in [0.1, 0.15) is 0 Å². The van der Waals surface area contributed by atoms with Gasteiger partial charge in [-0.3, -0.25) is 14.4 Å². The number of anilines is 1. The zero-order valence-electron chi connectivity index (χ0n) is 13.9. The molecule has 6 heteroatoms. The van der Waals surface area contributed by atoms with Gasteiger partial charge in [0.15, 0.2) is 5.78 Å². The maximum atomic E-state index is 12.2. The van der Waals surface area contributed by atoms with Crippen LogP contribution < -0.4 is 10.6 Å². The summed E-state index contributed by atoms with van der Waals surface area (Å²) in [5.41, 5.74) is 1.71. The second-order valence-electron chi connectivity index (χ2n) is 5.46. The molecule has 0 unspecified atom stereocenters. The van der Waals surface area contributed by atoms with Crippen LogP contribution >= 0.6 is 11.3 Å². The van der Waals surface area contributed by atoms with Crippen LogP contribution in [0.25, 0.3) is 0 Å². The van der Waals surface area contributed by atoms with Crippen molar-refractivity contribution in [3.63, 3.8) is 0 Å². The first-order valence-electron chi connectivity index (χ1n) is 7.63. The Morgan fingerprint density at radius 1 is 1.08 bits per heavy atom. The summed E-state index contributed by atoms with van der Waals surface area (Å²) >= 11 is 1.58. The van der Waals surface area contributed by atoms with Crippen molar-refractivity contribution in [2.75, 3.05) is 12.4 Å². The van der Waals surface area contributed by atoms with Crippen molar-refractivity contribution in [1.29, 1.82) is 0 Å². The van der Waals surface area contributed by atoms with Crippen LogP contribution in [0.3, 0.4) is 0 Å². The highest BCUT2D eigenvalue weighted by Crippen LogP contribution is 2.22. The standard InChI is InChI=1S/C18H20N2O3S/c1-11-9-15(12(2)24-11)16(21)7-8-17(22)20-14-6-4-5-13(10-14)18(23)19-3/h4-6,9-10H,7-8H2,1-3H3,(H,19,23)(H,20,22). The lowest BCUT2D eigenvalue weighted by atomic mass is 10.1. The predicted octanol–water partition coefficient (Wildman–Crippen LogP) is 3.33. The molecule has 0 bridgehead atoms. The number of amides is 2. The number of hydrogen-bond acceptors (Lipinski definition) is 4. The lowest BCUT2D eigenvalue weighted by Crippen LogP contribution is -2.18. The zero-order chi connectivity index (χ0) is 17.7. The van der Waals surface area contributed by atoms with Crippen molar-refractivity contribution in [1.82, 2.24) is 5.32 Å². The minimum atomic E-state index is -0.248. The van der Waals surface area contributed by atoms with Crippen molar-refractivity contribution in [2.45, 2.75) is 26.7 Å². The SMILES string of the molecule is CNC(=O)c1cccc(NC(=O)CCC(=O)c2cc(C)sc2C)c1. The lowest BCUT2D eigenvalue weighted by Gasteiger charge is -2.07. The number of ketones is 1. The largest absolute Gasteiger partial charge is 0.355 e. The summed E-state index contributed by atoms with van der Waals surface area (Å²) in [6, 6.07) is 8.54. The van der Waals surface area contributed by atoms with Gasteiger partial charge in [-0.1, -0.05) is 6.07 Å². The number of benzene rings is 1. The molecule has 0 aliphatic carbocycles. The first-order valence-corrected chi connectivity index (χ1v) is 8.44. The van der Waals surface area contributed by atoms with Crippen LogP contribution in [0, 0.1) is 13.8 Å². The monoisotopic (exact) mass is 344 g/mol. The first kappa shape index (κ1) is 17.9. The molecule has 1 aromatic carbocycles. The number of aryl methyl sites for hydroxylation is 2. The smallest absolute Gasteiger partial charge is 0.251 e. The Kier molecular flexibility index (Phi) is 5.87. The molecule has 0 aliphatic heterocycles. The van der Waals surface area contributed by atoms with E-state index in [1.54, 1.807) is 42.6 Å². The number of thiophene rings is 1. The highest BCUT2D eigenvalue weighted by atomic mass is 32.1. The fourth-order valence-electron chi connectivity index (χ4n) is 2.38. The zero-order valence-corrected chi connectivity index (χ0v) is 14.8. The van der Waals surface area contributed by atoms with Crippen molar-refractivity contribution in [2.24, 2.45) is 0 Å². The number of nitrogens with one attached hydrogen (secondary N) is 2. The van der Waals surface area contributed by atoms with Crippen LogP contribution in [-0.2, 0) is 4.79 Å². The third-order valence-corrected chi connectivity index (χ3v) is 4.52. The first-order chi connectivity index (χ1) is 11.4. The Bertz CT molecular complexity index is 780. The van der Waals surface area contributed by atoms with E-state index < -0.39 is 0 Å². The molecule has 1 aromatic heterocycles. The number of hydrogen-bond donors (Lipinski definition) is 2. The molecule has 5 nitrogen and oxygen atoms in total. The Labute approximate surface area is 145 Å². The quantitative estimate of drug-likeness (QED) is 0.789. The molecule has 0 atom stereocenters. The fraction of sp³-hybridized carbons (Fsp3) is 0.278. The summed E-state index contributed by atoms with van der Waals surface area (Å²) in [4.78, 5) is 37.9. The molecule has 0 saturated heterocycles. The third kappa shape index (κ3) is 4.52. The highest BCUT2D eigenvalue weighted by Gasteiger charge is 2.14. The fourth-order valence-corrected chi connectivity index (χ4v) is 3.32. The summed E-state index contributed by atoms with van der Waals surface area (Å²) in [5.74, 6) is -0.488. The summed E-state index contributed by atoms with van der Waals surface area (Å²) in [6.07, 6.45) is 0.273. The van der Waals surface area contributed by atoms with E-state index in [1.807, 2.05) is 19.9 Å². The van der Waals surface area contributed by atoms with E-state index >= 15 is 0 Å². The Morgan fingerprint density at radius 2 is 1.83 bits per heavy atom. The highest BCUT2D eigenvalue weighted by molar-refractivity contribution is 7.12. The van der Waals surface area contributed by atoms with E-state index in [0.717, 1.165) is 9.75 Å². The number of rotatable bonds is 6. The molecule has 126 valence electrons. The maximum Gasteiger partial charge on any atom is 0.251 e. The molecule has 0 spiro atoms. The van der Waals surface area contributed by atoms with Gasteiger partial charge in [0.05, 0.1) is 0 Å². The molecule has 0 fully saturated rings. The average Bonchev–Trinajstić information content (AvgIpc) is 2.90. The molecular formula is C18H20N2O3S. The van der Waals surface area contributed by atoms with Crippen LogP contribution in [0.4, 0.5) is 5.69 Å². The minimum absolute atomic E-state index is 0.0221. The van der Waals surface area contributed by atoms with Crippen molar-refractivity contribution in [3.05, 3.63) is 51.2 Å². The van der Waals surface area contributed by atoms with E-state index in [-0.39, 0.29) is 30.4 Å². The van der Waals surface area contributed by atoms with Crippen molar-refractivity contribution >= 4 is 34.6 Å². The van der Waals surface area contributed by atoms with Gasteiger partial charge in [-0.25, -0.2) is 0 Å². The van der Waals surface area contributed by atoms with Gasteiger partial charge in [0.2, 0.25) is 5.91 Å². The Morgan fingerprint density at radius 3 is 2.46 bits per heavy atom. The van der Waals surface area contributed by atoms with Crippen LogP contribution in [-0.4, -0.2) is 24.6 Å². The molecule has 1 heterocycles. The normalized spacial score (nSPS) is 10.3. The number of carbonyl (C=O) groups excluding carboxylic acids is 3. The molecule has 24 heavy (non-hydrogen) atoms. The topological polar surface area (TPSA) is 75.3 Å². The molecule has 0 radical (unpaired) electrons. The number of carbonyl (C=O) groups is 3. The molecule has 0 aliphatic rings. The van der Waals surface area contributed by atoms with E-state index in [4.69, 9.17) is 0 Å². The van der Waals surface area contributed by atoms with Gasteiger partial charge in [-0.05, 0) is 38.1 Å².